The molecule has 5 heteroatoms. The van der Waals surface area contributed by atoms with Gasteiger partial charge in [-0.05, 0) is 37.6 Å². The van der Waals surface area contributed by atoms with Crippen molar-refractivity contribution in [2.45, 2.75) is 13.8 Å². The first-order valence-electron chi connectivity index (χ1n) is 5.69. The van der Waals surface area contributed by atoms with Crippen LogP contribution in [0.3, 0.4) is 0 Å². The summed E-state index contributed by atoms with van der Waals surface area (Å²) in [7, 11) is 0. The Hall–Kier alpha value is -2.17. The number of rotatable bonds is 4. The summed E-state index contributed by atoms with van der Waals surface area (Å²) in [5, 5.41) is 3.06. The third kappa shape index (κ3) is 2.94. The molecule has 1 aromatic heterocycles. The van der Waals surface area contributed by atoms with Crippen molar-refractivity contribution in [2.24, 2.45) is 0 Å². The fraction of sp³-hybridized carbons (Fsp3) is 0.231. The number of benzene rings is 1. The van der Waals surface area contributed by atoms with Crippen molar-refractivity contribution >= 4 is 5.82 Å². The molecule has 0 spiro atoms. The summed E-state index contributed by atoms with van der Waals surface area (Å²) in [6.45, 7) is 4.43. The van der Waals surface area contributed by atoms with Crippen molar-refractivity contribution in [2.75, 3.05) is 11.9 Å². The summed E-state index contributed by atoms with van der Waals surface area (Å²) in [6.07, 6.45) is 1.42. The highest BCUT2D eigenvalue weighted by atomic mass is 19.1. The lowest BCUT2D eigenvalue weighted by molar-refractivity contribution is 0.459. The lowest BCUT2D eigenvalue weighted by Crippen LogP contribution is -2.00. The molecule has 0 radical (unpaired) electrons. The average Bonchev–Trinajstić information content (AvgIpc) is 2.35. The maximum Gasteiger partial charge on any atom is 0.224 e. The zero-order chi connectivity index (χ0) is 13.0. The van der Waals surface area contributed by atoms with Crippen LogP contribution in [-0.2, 0) is 0 Å². The predicted octanol–water partition coefficient (Wildman–Crippen LogP) is 3.15. The second kappa shape index (κ2) is 5.44. The minimum Gasteiger partial charge on any atom is -0.439 e. The molecule has 2 aromatic rings. The van der Waals surface area contributed by atoms with Gasteiger partial charge in [-0.3, -0.25) is 0 Å². The second-order valence-electron chi connectivity index (χ2n) is 3.78. The molecule has 0 unspecified atom stereocenters. The van der Waals surface area contributed by atoms with Gasteiger partial charge in [-0.15, -0.1) is 0 Å². The van der Waals surface area contributed by atoms with Crippen molar-refractivity contribution in [3.63, 3.8) is 0 Å². The van der Waals surface area contributed by atoms with Crippen LogP contribution >= 0.6 is 0 Å². The Bertz CT molecular complexity index is 546. The monoisotopic (exact) mass is 247 g/mol. The number of nitrogens with one attached hydrogen (secondary N) is 1. The fourth-order valence-electron chi connectivity index (χ4n) is 1.47. The molecule has 2 rings (SSSR count). The highest BCUT2D eigenvalue weighted by molar-refractivity contribution is 5.39. The molecule has 0 saturated carbocycles. The molecular formula is C13H14FN3O. The van der Waals surface area contributed by atoms with E-state index < -0.39 is 0 Å². The number of anilines is 1. The molecule has 4 nitrogen and oxygen atoms in total. The quantitative estimate of drug-likeness (QED) is 0.901. The SMILES string of the molecule is CCNc1cc(Oc2ccc(F)c(C)c2)ncn1. The summed E-state index contributed by atoms with van der Waals surface area (Å²) >= 11 is 0. The highest BCUT2D eigenvalue weighted by Crippen LogP contribution is 2.22. The second-order valence-corrected chi connectivity index (χ2v) is 3.78. The van der Waals surface area contributed by atoms with E-state index in [9.17, 15) is 4.39 Å². The number of halogens is 1. The van der Waals surface area contributed by atoms with Gasteiger partial charge >= 0.3 is 0 Å². The number of nitrogens with zero attached hydrogens (tertiary/aromatic N) is 2. The Morgan fingerprint density at radius 1 is 1.28 bits per heavy atom. The Morgan fingerprint density at radius 2 is 2.11 bits per heavy atom. The van der Waals surface area contributed by atoms with E-state index in [1.807, 2.05) is 6.92 Å². The maximum atomic E-state index is 13.1. The minimum absolute atomic E-state index is 0.252. The van der Waals surface area contributed by atoms with E-state index >= 15 is 0 Å². The average molecular weight is 247 g/mol. The van der Waals surface area contributed by atoms with Gasteiger partial charge in [0.05, 0.1) is 0 Å². The lowest BCUT2D eigenvalue weighted by Gasteiger charge is -2.07. The van der Waals surface area contributed by atoms with Crippen LogP contribution in [0.1, 0.15) is 12.5 Å². The van der Waals surface area contributed by atoms with Gasteiger partial charge in [0, 0.05) is 12.6 Å². The first kappa shape index (κ1) is 12.3. The normalized spacial score (nSPS) is 10.2. The molecule has 0 aliphatic heterocycles. The van der Waals surface area contributed by atoms with Crippen LogP contribution in [0.15, 0.2) is 30.6 Å². The van der Waals surface area contributed by atoms with Crippen molar-refractivity contribution in [1.29, 1.82) is 0 Å². The zero-order valence-corrected chi connectivity index (χ0v) is 10.3. The third-order valence-electron chi connectivity index (χ3n) is 2.35. The van der Waals surface area contributed by atoms with Crippen LogP contribution in [0.4, 0.5) is 10.2 Å². The first-order chi connectivity index (χ1) is 8.69. The predicted molar refractivity (Wildman–Crippen MR) is 67.4 cm³/mol. The molecule has 0 atom stereocenters. The van der Waals surface area contributed by atoms with Gasteiger partial charge in [0.15, 0.2) is 0 Å². The Morgan fingerprint density at radius 3 is 2.83 bits per heavy atom. The molecule has 0 fully saturated rings. The van der Waals surface area contributed by atoms with Gasteiger partial charge in [-0.1, -0.05) is 0 Å². The van der Waals surface area contributed by atoms with Gasteiger partial charge in [0.1, 0.15) is 23.7 Å². The molecule has 0 saturated heterocycles. The smallest absolute Gasteiger partial charge is 0.224 e. The van der Waals surface area contributed by atoms with Gasteiger partial charge in [-0.25, -0.2) is 14.4 Å². The van der Waals surface area contributed by atoms with Crippen LogP contribution in [-0.4, -0.2) is 16.5 Å². The molecule has 1 heterocycles. The van der Waals surface area contributed by atoms with E-state index in [2.05, 4.69) is 15.3 Å². The van der Waals surface area contributed by atoms with Gasteiger partial charge < -0.3 is 10.1 Å². The van der Waals surface area contributed by atoms with Crippen LogP contribution in [0.2, 0.25) is 0 Å². The highest BCUT2D eigenvalue weighted by Gasteiger charge is 2.03. The first-order valence-corrected chi connectivity index (χ1v) is 5.69. The van der Waals surface area contributed by atoms with Crippen molar-refractivity contribution in [3.8, 4) is 11.6 Å². The standard InChI is InChI=1S/C13H14FN3O/c1-3-15-12-7-13(17-8-16-12)18-10-4-5-11(14)9(2)6-10/h4-8H,3H2,1-2H3,(H,15,16,17). The van der Waals surface area contributed by atoms with E-state index in [0.29, 0.717) is 23.0 Å². The molecule has 0 aliphatic carbocycles. The molecule has 94 valence electrons. The maximum absolute atomic E-state index is 13.1. The summed E-state index contributed by atoms with van der Waals surface area (Å²) in [4.78, 5) is 8.04. The number of ether oxygens (including phenoxy) is 1. The van der Waals surface area contributed by atoms with Gasteiger partial charge in [0.25, 0.3) is 0 Å². The van der Waals surface area contributed by atoms with Crippen molar-refractivity contribution < 1.29 is 9.13 Å². The zero-order valence-electron chi connectivity index (χ0n) is 10.3. The van der Waals surface area contributed by atoms with E-state index in [-0.39, 0.29) is 5.82 Å². The summed E-state index contributed by atoms with van der Waals surface area (Å²) in [5.41, 5.74) is 0.536. The molecule has 1 aromatic carbocycles. The number of hydrogen-bond acceptors (Lipinski definition) is 4. The van der Waals surface area contributed by atoms with E-state index in [4.69, 9.17) is 4.74 Å². The topological polar surface area (TPSA) is 47.0 Å². The fourth-order valence-corrected chi connectivity index (χ4v) is 1.47. The summed E-state index contributed by atoms with van der Waals surface area (Å²) in [6, 6.07) is 6.26. The van der Waals surface area contributed by atoms with Gasteiger partial charge in [0.2, 0.25) is 5.88 Å². The molecule has 0 aliphatic rings. The minimum atomic E-state index is -0.252. The largest absolute Gasteiger partial charge is 0.439 e. The molecular weight excluding hydrogens is 233 g/mol. The van der Waals surface area contributed by atoms with Crippen LogP contribution in [0, 0.1) is 12.7 Å². The summed E-state index contributed by atoms with van der Waals surface area (Å²) < 4.78 is 18.7. The Labute approximate surface area is 105 Å². The van der Waals surface area contributed by atoms with E-state index in [1.54, 1.807) is 25.1 Å². The number of hydrogen-bond donors (Lipinski definition) is 1. The van der Waals surface area contributed by atoms with Crippen molar-refractivity contribution in [3.05, 3.63) is 42.0 Å². The number of aromatic nitrogens is 2. The van der Waals surface area contributed by atoms with Gasteiger partial charge in [-0.2, -0.15) is 0 Å². The Balaban J connectivity index is 2.17. The molecule has 0 bridgehead atoms. The molecule has 1 N–H and O–H groups in total. The number of aryl methyl sites for hydroxylation is 1. The van der Waals surface area contributed by atoms with Crippen LogP contribution in [0.25, 0.3) is 0 Å². The summed E-state index contributed by atoms with van der Waals surface area (Å²) in [5.74, 6) is 1.42. The third-order valence-corrected chi connectivity index (χ3v) is 2.35. The van der Waals surface area contributed by atoms with Crippen LogP contribution < -0.4 is 10.1 Å². The van der Waals surface area contributed by atoms with Crippen LogP contribution in [0.5, 0.6) is 11.6 Å². The van der Waals surface area contributed by atoms with E-state index in [1.165, 1.54) is 12.4 Å². The molecule has 0 amide bonds. The van der Waals surface area contributed by atoms with E-state index in [0.717, 1.165) is 6.54 Å². The molecule has 18 heavy (non-hydrogen) atoms. The lowest BCUT2D eigenvalue weighted by atomic mass is 10.2. The van der Waals surface area contributed by atoms with Crippen molar-refractivity contribution in [1.82, 2.24) is 9.97 Å². The Kier molecular flexibility index (Phi) is 3.72.